The zero-order valence-electron chi connectivity index (χ0n) is 14.4. The van der Waals surface area contributed by atoms with E-state index in [0.717, 1.165) is 22.5 Å². The highest BCUT2D eigenvalue weighted by atomic mass is 32.1. The summed E-state index contributed by atoms with van der Waals surface area (Å²) < 4.78 is 1.78. The maximum Gasteiger partial charge on any atom is 0.321 e. The summed E-state index contributed by atoms with van der Waals surface area (Å²) in [7, 11) is 0. The Labute approximate surface area is 160 Å². The zero-order chi connectivity index (χ0) is 18.5. The second-order valence-electron chi connectivity index (χ2n) is 5.84. The number of para-hydroxylation sites is 1. The fourth-order valence-electron chi connectivity index (χ4n) is 2.57. The lowest BCUT2D eigenvalue weighted by Crippen LogP contribution is -2.27. The molecule has 6 nitrogen and oxygen atoms in total. The van der Waals surface area contributed by atoms with Crippen molar-refractivity contribution >= 4 is 22.5 Å². The average Bonchev–Trinajstić information content (AvgIpc) is 3.37. The van der Waals surface area contributed by atoms with Gasteiger partial charge in [-0.2, -0.15) is 5.10 Å². The number of carbonyl (C=O) groups is 1. The van der Waals surface area contributed by atoms with Crippen molar-refractivity contribution in [2.45, 2.75) is 6.54 Å². The van der Waals surface area contributed by atoms with Gasteiger partial charge in [-0.05, 0) is 12.1 Å². The molecule has 2 aromatic heterocycles. The van der Waals surface area contributed by atoms with Crippen LogP contribution in [0.5, 0.6) is 0 Å². The number of aromatic nitrogens is 3. The molecule has 0 aliphatic rings. The van der Waals surface area contributed by atoms with Crippen LogP contribution < -0.4 is 10.6 Å². The highest BCUT2D eigenvalue weighted by molar-refractivity contribution is 7.14. The van der Waals surface area contributed by atoms with E-state index in [2.05, 4.69) is 20.7 Å². The fourth-order valence-corrected chi connectivity index (χ4v) is 3.28. The van der Waals surface area contributed by atoms with E-state index in [1.54, 1.807) is 10.9 Å². The van der Waals surface area contributed by atoms with Crippen molar-refractivity contribution in [2.24, 2.45) is 0 Å². The van der Waals surface area contributed by atoms with Crippen LogP contribution in [0, 0.1) is 0 Å². The Balaban J connectivity index is 1.33. The molecule has 27 heavy (non-hydrogen) atoms. The van der Waals surface area contributed by atoms with Crippen LogP contribution in [0.3, 0.4) is 0 Å². The van der Waals surface area contributed by atoms with Gasteiger partial charge in [0.15, 0.2) is 5.13 Å². The van der Waals surface area contributed by atoms with E-state index < -0.39 is 0 Å². The molecular weight excluding hydrogens is 358 g/mol. The van der Waals surface area contributed by atoms with Gasteiger partial charge in [-0.3, -0.25) is 5.32 Å². The summed E-state index contributed by atoms with van der Waals surface area (Å²) in [5, 5.41) is 12.4. The number of benzene rings is 2. The van der Waals surface area contributed by atoms with Crippen LogP contribution in [0.15, 0.2) is 78.4 Å². The Bertz CT molecular complexity index is 1030. The Morgan fingerprint density at radius 2 is 1.78 bits per heavy atom. The number of thiazole rings is 1. The fraction of sp³-hybridized carbons (Fsp3) is 0.0500. The average molecular weight is 375 g/mol. The van der Waals surface area contributed by atoms with Crippen LogP contribution in [0.1, 0.15) is 5.56 Å². The Morgan fingerprint density at radius 3 is 2.56 bits per heavy atom. The zero-order valence-corrected chi connectivity index (χ0v) is 15.2. The first-order valence-corrected chi connectivity index (χ1v) is 9.31. The number of carbonyl (C=O) groups excluding carboxylic acids is 1. The van der Waals surface area contributed by atoms with Crippen LogP contribution in [0.25, 0.3) is 16.9 Å². The number of nitrogens with zero attached hydrogens (tertiary/aromatic N) is 3. The smallest absolute Gasteiger partial charge is 0.321 e. The quantitative estimate of drug-likeness (QED) is 0.546. The number of rotatable bonds is 5. The minimum Gasteiger partial charge on any atom is -0.334 e. The lowest BCUT2D eigenvalue weighted by atomic mass is 10.2. The van der Waals surface area contributed by atoms with Gasteiger partial charge in [-0.15, -0.1) is 11.3 Å². The first kappa shape index (κ1) is 17.0. The lowest BCUT2D eigenvalue weighted by Gasteiger charge is -2.03. The lowest BCUT2D eigenvalue weighted by molar-refractivity contribution is 0.251. The molecule has 0 spiro atoms. The molecule has 0 aliphatic carbocycles. The van der Waals surface area contributed by atoms with Crippen molar-refractivity contribution in [2.75, 3.05) is 5.32 Å². The third kappa shape index (κ3) is 4.21. The molecule has 0 radical (unpaired) electrons. The second-order valence-corrected chi connectivity index (χ2v) is 6.70. The molecule has 0 bridgehead atoms. The van der Waals surface area contributed by atoms with Crippen LogP contribution >= 0.6 is 11.3 Å². The van der Waals surface area contributed by atoms with Crippen molar-refractivity contribution in [3.8, 4) is 16.9 Å². The standard InChI is InChI=1S/C20H17N5OS/c26-19(24-20-23-18(14-27-20)16-7-3-1-4-8-16)21-11-15-12-22-25(13-15)17-9-5-2-6-10-17/h1-10,12-14H,11H2,(H2,21,23,24,26). The molecule has 134 valence electrons. The third-order valence-corrected chi connectivity index (χ3v) is 4.66. The van der Waals surface area contributed by atoms with E-state index in [0.29, 0.717) is 11.7 Å². The first-order valence-electron chi connectivity index (χ1n) is 8.43. The monoisotopic (exact) mass is 375 g/mol. The summed E-state index contributed by atoms with van der Waals surface area (Å²) in [6.07, 6.45) is 3.64. The molecule has 0 saturated carbocycles. The van der Waals surface area contributed by atoms with Crippen molar-refractivity contribution < 1.29 is 4.79 Å². The highest BCUT2D eigenvalue weighted by Crippen LogP contribution is 2.24. The molecule has 2 N–H and O–H groups in total. The van der Waals surface area contributed by atoms with Gasteiger partial charge in [0.1, 0.15) is 0 Å². The summed E-state index contributed by atoms with van der Waals surface area (Å²) in [6.45, 7) is 0.385. The largest absolute Gasteiger partial charge is 0.334 e. The van der Waals surface area contributed by atoms with Crippen molar-refractivity contribution in [1.29, 1.82) is 0 Å². The van der Waals surface area contributed by atoms with Gasteiger partial charge in [-0.25, -0.2) is 14.5 Å². The Morgan fingerprint density at radius 1 is 1.04 bits per heavy atom. The predicted molar refractivity (Wildman–Crippen MR) is 107 cm³/mol. The normalized spacial score (nSPS) is 10.5. The minimum absolute atomic E-state index is 0.295. The van der Waals surface area contributed by atoms with Gasteiger partial charge >= 0.3 is 6.03 Å². The van der Waals surface area contributed by atoms with Crippen molar-refractivity contribution in [3.63, 3.8) is 0 Å². The van der Waals surface area contributed by atoms with Gasteiger partial charge < -0.3 is 5.32 Å². The number of anilines is 1. The Kier molecular flexibility index (Phi) is 4.93. The molecular formula is C20H17N5OS. The van der Waals surface area contributed by atoms with Crippen molar-refractivity contribution in [1.82, 2.24) is 20.1 Å². The SMILES string of the molecule is O=C(NCc1cnn(-c2ccccc2)c1)Nc1nc(-c2ccccc2)cs1. The first-order chi connectivity index (χ1) is 13.3. The summed E-state index contributed by atoms with van der Waals surface area (Å²) in [5.74, 6) is 0. The number of nitrogens with one attached hydrogen (secondary N) is 2. The number of urea groups is 1. The van der Waals surface area contributed by atoms with E-state index in [-0.39, 0.29) is 6.03 Å². The summed E-state index contributed by atoms with van der Waals surface area (Å²) in [4.78, 5) is 16.6. The van der Waals surface area contributed by atoms with E-state index in [1.165, 1.54) is 11.3 Å². The summed E-state index contributed by atoms with van der Waals surface area (Å²) >= 11 is 1.40. The molecule has 2 heterocycles. The molecule has 4 aromatic rings. The highest BCUT2D eigenvalue weighted by Gasteiger charge is 2.08. The van der Waals surface area contributed by atoms with Gasteiger partial charge in [0.25, 0.3) is 0 Å². The van der Waals surface area contributed by atoms with Crippen LogP contribution in [0.2, 0.25) is 0 Å². The molecule has 4 rings (SSSR count). The predicted octanol–water partition coefficient (Wildman–Crippen LogP) is 4.32. The second kappa shape index (κ2) is 7.84. The van der Waals surface area contributed by atoms with E-state index in [1.807, 2.05) is 72.2 Å². The van der Waals surface area contributed by atoms with Crippen molar-refractivity contribution in [3.05, 3.63) is 84.0 Å². The van der Waals surface area contributed by atoms with Crippen LogP contribution in [-0.2, 0) is 6.54 Å². The topological polar surface area (TPSA) is 71.8 Å². The van der Waals surface area contributed by atoms with Gasteiger partial charge in [0, 0.05) is 29.2 Å². The molecule has 7 heteroatoms. The van der Waals surface area contributed by atoms with Gasteiger partial charge in [0.2, 0.25) is 0 Å². The molecule has 2 amide bonds. The molecule has 0 fully saturated rings. The summed E-state index contributed by atoms with van der Waals surface area (Å²) in [6, 6.07) is 19.4. The summed E-state index contributed by atoms with van der Waals surface area (Å²) in [5.41, 5.74) is 3.76. The molecule has 0 unspecified atom stereocenters. The maximum absolute atomic E-state index is 12.1. The van der Waals surface area contributed by atoms with E-state index in [9.17, 15) is 4.79 Å². The Hall–Kier alpha value is -3.45. The van der Waals surface area contributed by atoms with Crippen LogP contribution in [-0.4, -0.2) is 20.8 Å². The third-order valence-electron chi connectivity index (χ3n) is 3.90. The number of hydrogen-bond donors (Lipinski definition) is 2. The van der Waals surface area contributed by atoms with Gasteiger partial charge in [0.05, 0.1) is 17.6 Å². The molecule has 0 saturated heterocycles. The number of hydrogen-bond acceptors (Lipinski definition) is 4. The minimum atomic E-state index is -0.295. The van der Waals surface area contributed by atoms with Gasteiger partial charge in [-0.1, -0.05) is 48.5 Å². The van der Waals surface area contributed by atoms with E-state index >= 15 is 0 Å². The van der Waals surface area contributed by atoms with E-state index in [4.69, 9.17) is 0 Å². The van der Waals surface area contributed by atoms with Crippen LogP contribution in [0.4, 0.5) is 9.93 Å². The molecule has 2 aromatic carbocycles. The number of amides is 2. The molecule has 0 atom stereocenters. The molecule has 0 aliphatic heterocycles. The maximum atomic E-state index is 12.1.